The van der Waals surface area contributed by atoms with E-state index < -0.39 is 0 Å². The van der Waals surface area contributed by atoms with Crippen molar-refractivity contribution in [1.29, 1.82) is 0 Å². The minimum atomic E-state index is 0.103. The molecule has 0 radical (unpaired) electrons. The van der Waals surface area contributed by atoms with Gasteiger partial charge in [-0.05, 0) is 95.0 Å². The molecule has 0 saturated carbocycles. The Morgan fingerprint density at radius 2 is 1.70 bits per heavy atom. The lowest BCUT2D eigenvalue weighted by molar-refractivity contribution is 0.0646. The number of hydrogen-bond donors (Lipinski definition) is 1. The third kappa shape index (κ3) is 5.61. The van der Waals surface area contributed by atoms with Gasteiger partial charge in [0.05, 0.1) is 19.3 Å². The van der Waals surface area contributed by atoms with Crippen LogP contribution in [0.5, 0.6) is 17.2 Å². The SMILES string of the molecule is COc1ccc2c(c1)CN(C1CCNC(Cc3cc(OC(C)C)cc(OC(C)C)c3)C1)C2=O. The van der Waals surface area contributed by atoms with Crippen molar-refractivity contribution in [2.45, 2.75) is 77.8 Å². The number of piperidine rings is 1. The molecule has 6 nitrogen and oxygen atoms in total. The Balaban J connectivity index is 1.46. The lowest BCUT2D eigenvalue weighted by Crippen LogP contribution is -2.48. The maximum absolute atomic E-state index is 13.1. The maximum atomic E-state index is 13.1. The Morgan fingerprint density at radius 3 is 2.33 bits per heavy atom. The summed E-state index contributed by atoms with van der Waals surface area (Å²) in [6.45, 7) is 9.68. The molecular formula is C27H36N2O4. The van der Waals surface area contributed by atoms with Gasteiger partial charge in [0.25, 0.3) is 5.91 Å². The van der Waals surface area contributed by atoms with Crippen LogP contribution in [0.1, 0.15) is 62.0 Å². The van der Waals surface area contributed by atoms with E-state index in [0.29, 0.717) is 6.54 Å². The van der Waals surface area contributed by atoms with E-state index in [0.717, 1.165) is 54.2 Å². The third-order valence-electron chi connectivity index (χ3n) is 6.22. The minimum absolute atomic E-state index is 0.103. The second-order valence-corrected chi connectivity index (χ2v) is 9.64. The lowest BCUT2D eigenvalue weighted by Gasteiger charge is -2.36. The summed E-state index contributed by atoms with van der Waals surface area (Å²) in [4.78, 5) is 15.1. The summed E-state index contributed by atoms with van der Waals surface area (Å²) < 4.78 is 17.3. The van der Waals surface area contributed by atoms with Crippen LogP contribution in [-0.4, -0.2) is 48.8 Å². The number of nitrogens with one attached hydrogen (secondary N) is 1. The second-order valence-electron chi connectivity index (χ2n) is 9.64. The number of amides is 1. The lowest BCUT2D eigenvalue weighted by atomic mass is 9.93. The summed E-state index contributed by atoms with van der Waals surface area (Å²) >= 11 is 0. The first-order valence-corrected chi connectivity index (χ1v) is 12.0. The largest absolute Gasteiger partial charge is 0.497 e. The van der Waals surface area contributed by atoms with E-state index in [2.05, 4.69) is 17.4 Å². The first-order chi connectivity index (χ1) is 15.8. The monoisotopic (exact) mass is 452 g/mol. The second kappa shape index (κ2) is 10.0. The summed E-state index contributed by atoms with van der Waals surface area (Å²) in [5.74, 6) is 2.61. The molecule has 1 saturated heterocycles. The molecule has 1 N–H and O–H groups in total. The first-order valence-electron chi connectivity index (χ1n) is 12.0. The van der Waals surface area contributed by atoms with E-state index >= 15 is 0 Å². The zero-order valence-electron chi connectivity index (χ0n) is 20.4. The van der Waals surface area contributed by atoms with E-state index in [9.17, 15) is 4.79 Å². The molecule has 0 aromatic heterocycles. The van der Waals surface area contributed by atoms with E-state index in [1.54, 1.807) is 7.11 Å². The Bertz CT molecular complexity index is 960. The van der Waals surface area contributed by atoms with Crippen LogP contribution < -0.4 is 19.5 Å². The molecule has 178 valence electrons. The average Bonchev–Trinajstić information content (AvgIpc) is 3.08. The highest BCUT2D eigenvalue weighted by atomic mass is 16.5. The molecule has 0 bridgehead atoms. The third-order valence-corrected chi connectivity index (χ3v) is 6.22. The molecule has 0 spiro atoms. The molecule has 0 aliphatic carbocycles. The Morgan fingerprint density at radius 1 is 1.00 bits per heavy atom. The molecule has 2 aliphatic rings. The van der Waals surface area contributed by atoms with E-state index in [-0.39, 0.29) is 30.2 Å². The Kier molecular flexibility index (Phi) is 7.13. The molecule has 4 rings (SSSR count). The van der Waals surface area contributed by atoms with Crippen LogP contribution in [0.4, 0.5) is 0 Å². The van der Waals surface area contributed by atoms with E-state index in [4.69, 9.17) is 14.2 Å². The fourth-order valence-corrected chi connectivity index (χ4v) is 4.88. The highest BCUT2D eigenvalue weighted by Gasteiger charge is 2.35. The number of carbonyl (C=O) groups is 1. The number of ether oxygens (including phenoxy) is 3. The fourth-order valence-electron chi connectivity index (χ4n) is 4.88. The Hall–Kier alpha value is -2.73. The van der Waals surface area contributed by atoms with Gasteiger partial charge < -0.3 is 24.4 Å². The van der Waals surface area contributed by atoms with E-state index in [1.807, 2.05) is 56.9 Å². The van der Waals surface area contributed by atoms with Crippen LogP contribution in [0, 0.1) is 0 Å². The van der Waals surface area contributed by atoms with Gasteiger partial charge in [0, 0.05) is 30.3 Å². The average molecular weight is 453 g/mol. The van der Waals surface area contributed by atoms with Crippen LogP contribution in [-0.2, 0) is 13.0 Å². The number of rotatable bonds is 8. The molecular weight excluding hydrogens is 416 g/mol. The van der Waals surface area contributed by atoms with Gasteiger partial charge in [-0.25, -0.2) is 0 Å². The summed E-state index contributed by atoms with van der Waals surface area (Å²) in [7, 11) is 1.66. The summed E-state index contributed by atoms with van der Waals surface area (Å²) in [5.41, 5.74) is 3.05. The molecule has 2 aromatic rings. The number of fused-ring (bicyclic) bond motifs is 1. The molecule has 1 fully saturated rings. The molecule has 2 unspecified atom stereocenters. The van der Waals surface area contributed by atoms with Crippen LogP contribution >= 0.6 is 0 Å². The zero-order chi connectivity index (χ0) is 23.5. The summed E-state index contributed by atoms with van der Waals surface area (Å²) in [5, 5.41) is 3.66. The molecule has 2 heterocycles. The van der Waals surface area contributed by atoms with Crippen molar-refractivity contribution in [1.82, 2.24) is 10.2 Å². The molecule has 1 amide bonds. The van der Waals surface area contributed by atoms with Gasteiger partial charge in [-0.3, -0.25) is 4.79 Å². The van der Waals surface area contributed by atoms with Gasteiger partial charge >= 0.3 is 0 Å². The summed E-state index contributed by atoms with van der Waals surface area (Å²) in [6.07, 6.45) is 2.96. The Labute approximate surface area is 197 Å². The van der Waals surface area contributed by atoms with Crippen molar-refractivity contribution in [3.05, 3.63) is 53.1 Å². The molecule has 2 atom stereocenters. The zero-order valence-corrected chi connectivity index (χ0v) is 20.4. The quantitative estimate of drug-likeness (QED) is 0.635. The first kappa shape index (κ1) is 23.4. The minimum Gasteiger partial charge on any atom is -0.497 e. The smallest absolute Gasteiger partial charge is 0.254 e. The van der Waals surface area contributed by atoms with Crippen molar-refractivity contribution in [3.63, 3.8) is 0 Å². The van der Waals surface area contributed by atoms with Gasteiger partial charge in [0.2, 0.25) is 0 Å². The number of nitrogens with zero attached hydrogens (tertiary/aromatic N) is 1. The predicted octanol–water partition coefficient (Wildman–Crippen LogP) is 4.59. The van der Waals surface area contributed by atoms with Gasteiger partial charge in [-0.15, -0.1) is 0 Å². The molecule has 6 heteroatoms. The number of benzene rings is 2. The number of hydrogen-bond acceptors (Lipinski definition) is 5. The van der Waals surface area contributed by atoms with Crippen molar-refractivity contribution in [3.8, 4) is 17.2 Å². The van der Waals surface area contributed by atoms with Crippen LogP contribution in [0.15, 0.2) is 36.4 Å². The van der Waals surface area contributed by atoms with Crippen molar-refractivity contribution >= 4 is 5.91 Å². The maximum Gasteiger partial charge on any atom is 0.254 e. The van der Waals surface area contributed by atoms with Crippen LogP contribution in [0.3, 0.4) is 0 Å². The molecule has 2 aromatic carbocycles. The summed E-state index contributed by atoms with van der Waals surface area (Å²) in [6, 6.07) is 12.5. The van der Waals surface area contributed by atoms with Crippen molar-refractivity contribution < 1.29 is 19.0 Å². The molecule has 33 heavy (non-hydrogen) atoms. The highest BCUT2D eigenvalue weighted by Crippen LogP contribution is 2.32. The van der Waals surface area contributed by atoms with Crippen LogP contribution in [0.25, 0.3) is 0 Å². The van der Waals surface area contributed by atoms with Crippen molar-refractivity contribution in [2.75, 3.05) is 13.7 Å². The van der Waals surface area contributed by atoms with E-state index in [1.165, 1.54) is 5.56 Å². The molecule has 2 aliphatic heterocycles. The topological polar surface area (TPSA) is 60.0 Å². The van der Waals surface area contributed by atoms with Gasteiger partial charge in [0.1, 0.15) is 17.2 Å². The van der Waals surface area contributed by atoms with Crippen LogP contribution in [0.2, 0.25) is 0 Å². The highest BCUT2D eigenvalue weighted by molar-refractivity contribution is 5.98. The van der Waals surface area contributed by atoms with Gasteiger partial charge in [-0.1, -0.05) is 0 Å². The van der Waals surface area contributed by atoms with Crippen molar-refractivity contribution in [2.24, 2.45) is 0 Å². The predicted molar refractivity (Wildman–Crippen MR) is 129 cm³/mol. The number of methoxy groups -OCH3 is 1. The van der Waals surface area contributed by atoms with Gasteiger partial charge in [-0.2, -0.15) is 0 Å². The number of carbonyl (C=O) groups excluding carboxylic acids is 1. The van der Waals surface area contributed by atoms with Gasteiger partial charge in [0.15, 0.2) is 0 Å². The standard InChI is InChI=1S/C27H36N2O4/c1-17(2)32-24-11-19(12-25(15-24)33-18(3)4)10-21-14-22(8-9-28-21)29-16-20-13-23(31-5)6-7-26(20)27(29)30/h6-7,11-13,15,17-18,21-22,28H,8-10,14,16H2,1-5H3. The normalized spacial score (nSPS) is 20.3. The fraction of sp³-hybridized carbons (Fsp3) is 0.519.